The van der Waals surface area contributed by atoms with Crippen LogP contribution in [0.5, 0.6) is 0 Å². The molecule has 1 aromatic rings. The quantitative estimate of drug-likeness (QED) is 0.669. The van der Waals surface area contributed by atoms with Gasteiger partial charge in [0.2, 0.25) is 0 Å². The van der Waals surface area contributed by atoms with Gasteiger partial charge < -0.3 is 0 Å². The first-order valence-corrected chi connectivity index (χ1v) is 4.85. The minimum Gasteiger partial charge on any atom is -0.292 e. The highest BCUT2D eigenvalue weighted by Gasteiger charge is 2.00. The molecule has 0 radical (unpaired) electrons. The first kappa shape index (κ1) is 13.9. The molecule has 0 amide bonds. The van der Waals surface area contributed by atoms with Gasteiger partial charge in [0.05, 0.1) is 0 Å². The standard InChI is InChI=1S/C13H17N.ClH/c1-3-10-14(11-4-2)12-13-8-6-5-7-9-13;/h3-9H,1-2,10-12H2;1H. The molecule has 0 saturated heterocycles. The van der Waals surface area contributed by atoms with Gasteiger partial charge in [-0.1, -0.05) is 42.5 Å². The highest BCUT2D eigenvalue weighted by molar-refractivity contribution is 5.85. The molecule has 0 aliphatic heterocycles. The van der Waals surface area contributed by atoms with E-state index in [4.69, 9.17) is 0 Å². The monoisotopic (exact) mass is 223 g/mol. The minimum absolute atomic E-state index is 0. The molecule has 1 aromatic carbocycles. The normalized spacial score (nSPS) is 9.40. The Morgan fingerprint density at radius 1 is 1.00 bits per heavy atom. The summed E-state index contributed by atoms with van der Waals surface area (Å²) in [6, 6.07) is 10.4. The van der Waals surface area contributed by atoms with Crippen molar-refractivity contribution in [3.63, 3.8) is 0 Å². The molecule has 1 nitrogen and oxygen atoms in total. The summed E-state index contributed by atoms with van der Waals surface area (Å²) < 4.78 is 0. The molecule has 0 aromatic heterocycles. The Kier molecular flexibility index (Phi) is 7.69. The third-order valence-corrected chi connectivity index (χ3v) is 2.02. The van der Waals surface area contributed by atoms with Crippen molar-refractivity contribution in [2.45, 2.75) is 6.54 Å². The second-order valence-electron chi connectivity index (χ2n) is 3.26. The first-order valence-electron chi connectivity index (χ1n) is 4.85. The number of hydrogen-bond acceptors (Lipinski definition) is 1. The summed E-state index contributed by atoms with van der Waals surface area (Å²) in [6.07, 6.45) is 3.85. The van der Waals surface area contributed by atoms with Gasteiger partial charge >= 0.3 is 0 Å². The first-order chi connectivity index (χ1) is 6.86. The van der Waals surface area contributed by atoms with Crippen molar-refractivity contribution in [1.82, 2.24) is 4.90 Å². The van der Waals surface area contributed by atoms with Crippen LogP contribution in [-0.2, 0) is 6.54 Å². The number of benzene rings is 1. The van der Waals surface area contributed by atoms with E-state index in [1.165, 1.54) is 5.56 Å². The van der Waals surface area contributed by atoms with Crippen molar-refractivity contribution in [2.75, 3.05) is 13.1 Å². The Balaban J connectivity index is 0.00000196. The molecule has 0 atom stereocenters. The van der Waals surface area contributed by atoms with Gasteiger partial charge in [0, 0.05) is 19.6 Å². The molecule has 0 aliphatic carbocycles. The zero-order chi connectivity index (χ0) is 10.2. The van der Waals surface area contributed by atoms with Crippen LogP contribution < -0.4 is 0 Å². The van der Waals surface area contributed by atoms with E-state index in [9.17, 15) is 0 Å². The fourth-order valence-corrected chi connectivity index (χ4v) is 1.41. The molecule has 0 heterocycles. The second-order valence-corrected chi connectivity index (χ2v) is 3.26. The van der Waals surface area contributed by atoms with Gasteiger partial charge in [0.25, 0.3) is 0 Å². The Hall–Kier alpha value is -1.05. The lowest BCUT2D eigenvalue weighted by molar-refractivity contribution is 0.328. The smallest absolute Gasteiger partial charge is 0.0240 e. The van der Waals surface area contributed by atoms with Gasteiger partial charge in [0.1, 0.15) is 0 Å². The van der Waals surface area contributed by atoms with E-state index >= 15 is 0 Å². The average Bonchev–Trinajstić information content (AvgIpc) is 2.20. The zero-order valence-corrected chi connectivity index (χ0v) is 9.75. The van der Waals surface area contributed by atoms with E-state index < -0.39 is 0 Å². The predicted octanol–water partition coefficient (Wildman–Crippen LogP) is 3.28. The molecule has 1 rings (SSSR count). The highest BCUT2D eigenvalue weighted by atomic mass is 35.5. The number of nitrogens with zero attached hydrogens (tertiary/aromatic N) is 1. The molecule has 0 aliphatic rings. The fraction of sp³-hybridized carbons (Fsp3) is 0.231. The fourth-order valence-electron chi connectivity index (χ4n) is 1.41. The number of halogens is 1. The number of rotatable bonds is 6. The van der Waals surface area contributed by atoms with E-state index in [0.29, 0.717) is 0 Å². The van der Waals surface area contributed by atoms with Gasteiger partial charge in [-0.25, -0.2) is 0 Å². The molecular formula is C13H18ClN. The lowest BCUT2D eigenvalue weighted by Gasteiger charge is -2.18. The Morgan fingerprint density at radius 3 is 2.00 bits per heavy atom. The summed E-state index contributed by atoms with van der Waals surface area (Å²) in [6.45, 7) is 10.3. The molecule has 0 unspecified atom stereocenters. The minimum atomic E-state index is 0. The molecule has 82 valence electrons. The van der Waals surface area contributed by atoms with Crippen LogP contribution in [0.1, 0.15) is 5.56 Å². The van der Waals surface area contributed by atoms with E-state index in [2.05, 4.69) is 42.3 Å². The van der Waals surface area contributed by atoms with Crippen molar-refractivity contribution < 1.29 is 0 Å². The van der Waals surface area contributed by atoms with Crippen molar-refractivity contribution in [3.05, 3.63) is 61.2 Å². The SMILES string of the molecule is C=CCN(CC=C)Cc1ccccc1.Cl. The molecule has 0 fully saturated rings. The van der Waals surface area contributed by atoms with Crippen molar-refractivity contribution >= 4 is 12.4 Å². The third-order valence-electron chi connectivity index (χ3n) is 2.02. The van der Waals surface area contributed by atoms with Gasteiger partial charge in [-0.05, 0) is 5.56 Å². The topological polar surface area (TPSA) is 3.24 Å². The van der Waals surface area contributed by atoms with Crippen LogP contribution >= 0.6 is 12.4 Å². The molecule has 0 spiro atoms. The molecular weight excluding hydrogens is 206 g/mol. The van der Waals surface area contributed by atoms with Crippen molar-refractivity contribution in [1.29, 1.82) is 0 Å². The highest BCUT2D eigenvalue weighted by Crippen LogP contribution is 2.03. The maximum Gasteiger partial charge on any atom is 0.0240 e. The largest absolute Gasteiger partial charge is 0.292 e. The number of hydrogen-bond donors (Lipinski definition) is 0. The lowest BCUT2D eigenvalue weighted by atomic mass is 10.2. The lowest BCUT2D eigenvalue weighted by Crippen LogP contribution is -2.23. The van der Waals surface area contributed by atoms with Gasteiger partial charge in [0.15, 0.2) is 0 Å². The van der Waals surface area contributed by atoms with Crippen molar-refractivity contribution in [3.8, 4) is 0 Å². The molecule has 0 N–H and O–H groups in total. The van der Waals surface area contributed by atoms with Crippen molar-refractivity contribution in [2.24, 2.45) is 0 Å². The summed E-state index contributed by atoms with van der Waals surface area (Å²) in [5, 5.41) is 0. The summed E-state index contributed by atoms with van der Waals surface area (Å²) in [5.74, 6) is 0. The van der Waals surface area contributed by atoms with Gasteiger partial charge in [-0.15, -0.1) is 25.6 Å². The maximum absolute atomic E-state index is 3.75. The predicted molar refractivity (Wildman–Crippen MR) is 69.4 cm³/mol. The zero-order valence-electron chi connectivity index (χ0n) is 8.93. The van der Waals surface area contributed by atoms with Crippen LogP contribution in [0.4, 0.5) is 0 Å². The van der Waals surface area contributed by atoms with E-state index in [1.54, 1.807) is 0 Å². The summed E-state index contributed by atoms with van der Waals surface area (Å²) in [4.78, 5) is 2.29. The van der Waals surface area contributed by atoms with Crippen LogP contribution in [0.2, 0.25) is 0 Å². The molecule has 15 heavy (non-hydrogen) atoms. The maximum atomic E-state index is 3.75. The summed E-state index contributed by atoms with van der Waals surface area (Å²) in [5.41, 5.74) is 1.33. The average molecular weight is 224 g/mol. The molecule has 2 heteroatoms. The molecule has 0 saturated carbocycles. The Bertz CT molecular complexity index is 272. The second kappa shape index (κ2) is 8.27. The van der Waals surface area contributed by atoms with Crippen LogP contribution in [-0.4, -0.2) is 18.0 Å². The van der Waals surface area contributed by atoms with Crippen LogP contribution in [0, 0.1) is 0 Å². The molecule has 0 bridgehead atoms. The van der Waals surface area contributed by atoms with E-state index in [1.807, 2.05) is 18.2 Å². The summed E-state index contributed by atoms with van der Waals surface area (Å²) >= 11 is 0. The van der Waals surface area contributed by atoms with Crippen LogP contribution in [0.3, 0.4) is 0 Å². The third kappa shape index (κ3) is 5.40. The summed E-state index contributed by atoms with van der Waals surface area (Å²) in [7, 11) is 0. The van der Waals surface area contributed by atoms with Crippen LogP contribution in [0.25, 0.3) is 0 Å². The van der Waals surface area contributed by atoms with Gasteiger partial charge in [-0.2, -0.15) is 0 Å². The van der Waals surface area contributed by atoms with Crippen LogP contribution in [0.15, 0.2) is 55.6 Å². The van der Waals surface area contributed by atoms with E-state index in [-0.39, 0.29) is 12.4 Å². The Morgan fingerprint density at radius 2 is 1.53 bits per heavy atom. The van der Waals surface area contributed by atoms with E-state index in [0.717, 1.165) is 19.6 Å². The van der Waals surface area contributed by atoms with Gasteiger partial charge in [-0.3, -0.25) is 4.90 Å². The Labute approximate surface area is 98.5 Å².